The van der Waals surface area contributed by atoms with E-state index in [0.717, 1.165) is 30.6 Å². The standard InChI is InChI=1S/C23H28N2O3/c1-24(16-10-18-28-20-13-6-3-7-14-20)23(27)22(19-11-4-2-5-12-19)25-17-9-8-15-21(25)26/h2-7,11-14,22H,8-10,15-18H2,1H3. The summed E-state index contributed by atoms with van der Waals surface area (Å²) in [6, 6.07) is 18.7. The number of benzene rings is 2. The zero-order valence-electron chi connectivity index (χ0n) is 16.4. The third-order valence-electron chi connectivity index (χ3n) is 5.05. The Morgan fingerprint density at radius 1 is 1.07 bits per heavy atom. The van der Waals surface area contributed by atoms with Gasteiger partial charge in [-0.25, -0.2) is 0 Å². The van der Waals surface area contributed by atoms with Crippen LogP contribution in [0.25, 0.3) is 0 Å². The van der Waals surface area contributed by atoms with Gasteiger partial charge in [0.2, 0.25) is 11.8 Å². The van der Waals surface area contributed by atoms with E-state index in [-0.39, 0.29) is 11.8 Å². The van der Waals surface area contributed by atoms with Crippen LogP contribution in [0.15, 0.2) is 60.7 Å². The second-order valence-electron chi connectivity index (χ2n) is 7.13. The summed E-state index contributed by atoms with van der Waals surface area (Å²) in [5, 5.41) is 0. The van der Waals surface area contributed by atoms with Crippen LogP contribution in [0.2, 0.25) is 0 Å². The maximum atomic E-state index is 13.2. The molecule has 0 radical (unpaired) electrons. The third-order valence-corrected chi connectivity index (χ3v) is 5.05. The van der Waals surface area contributed by atoms with Crippen molar-refractivity contribution in [3.8, 4) is 5.75 Å². The maximum Gasteiger partial charge on any atom is 0.249 e. The van der Waals surface area contributed by atoms with E-state index in [2.05, 4.69) is 0 Å². The topological polar surface area (TPSA) is 49.9 Å². The molecule has 2 amide bonds. The molecule has 1 fully saturated rings. The summed E-state index contributed by atoms with van der Waals surface area (Å²) in [6.45, 7) is 1.76. The second kappa shape index (κ2) is 9.93. The predicted molar refractivity (Wildman–Crippen MR) is 109 cm³/mol. The molecule has 0 spiro atoms. The van der Waals surface area contributed by atoms with Crippen molar-refractivity contribution in [1.82, 2.24) is 9.80 Å². The van der Waals surface area contributed by atoms with Crippen LogP contribution < -0.4 is 4.74 Å². The molecule has 2 aromatic carbocycles. The summed E-state index contributed by atoms with van der Waals surface area (Å²) in [4.78, 5) is 29.2. The number of hydrogen-bond donors (Lipinski definition) is 0. The number of piperidine rings is 1. The van der Waals surface area contributed by atoms with Gasteiger partial charge in [-0.2, -0.15) is 0 Å². The molecule has 0 aromatic heterocycles. The molecule has 0 saturated carbocycles. The normalized spacial score (nSPS) is 15.2. The van der Waals surface area contributed by atoms with Crippen LogP contribution in [0.5, 0.6) is 5.75 Å². The monoisotopic (exact) mass is 380 g/mol. The number of likely N-dealkylation sites (tertiary alicyclic amines) is 1. The highest BCUT2D eigenvalue weighted by molar-refractivity contribution is 5.89. The van der Waals surface area contributed by atoms with Gasteiger partial charge < -0.3 is 14.5 Å². The van der Waals surface area contributed by atoms with Crippen molar-refractivity contribution in [3.63, 3.8) is 0 Å². The van der Waals surface area contributed by atoms with Gasteiger partial charge in [0, 0.05) is 26.6 Å². The molecule has 1 heterocycles. The lowest BCUT2D eigenvalue weighted by Gasteiger charge is -2.36. The molecule has 1 unspecified atom stereocenters. The number of nitrogens with zero attached hydrogens (tertiary/aromatic N) is 2. The molecule has 1 aliphatic heterocycles. The molecular weight excluding hydrogens is 352 g/mol. The van der Waals surface area contributed by atoms with Gasteiger partial charge in [0.1, 0.15) is 11.8 Å². The van der Waals surface area contributed by atoms with Gasteiger partial charge in [-0.1, -0.05) is 48.5 Å². The highest BCUT2D eigenvalue weighted by Gasteiger charge is 2.34. The number of rotatable bonds is 8. The van der Waals surface area contributed by atoms with Crippen molar-refractivity contribution in [1.29, 1.82) is 0 Å². The minimum Gasteiger partial charge on any atom is -0.494 e. The Balaban J connectivity index is 1.62. The highest BCUT2D eigenvalue weighted by atomic mass is 16.5. The van der Waals surface area contributed by atoms with Crippen LogP contribution in [0.4, 0.5) is 0 Å². The van der Waals surface area contributed by atoms with Gasteiger partial charge >= 0.3 is 0 Å². The van der Waals surface area contributed by atoms with E-state index in [1.54, 1.807) is 16.8 Å². The first-order valence-corrected chi connectivity index (χ1v) is 9.94. The summed E-state index contributed by atoms with van der Waals surface area (Å²) >= 11 is 0. The Kier molecular flexibility index (Phi) is 7.06. The van der Waals surface area contributed by atoms with Crippen molar-refractivity contribution in [2.75, 3.05) is 26.7 Å². The van der Waals surface area contributed by atoms with Crippen LogP contribution in [-0.2, 0) is 9.59 Å². The average molecular weight is 380 g/mol. The second-order valence-corrected chi connectivity index (χ2v) is 7.13. The van der Waals surface area contributed by atoms with Crippen LogP contribution in [0.1, 0.15) is 37.3 Å². The fourth-order valence-electron chi connectivity index (χ4n) is 3.52. The fraction of sp³-hybridized carbons (Fsp3) is 0.391. The van der Waals surface area contributed by atoms with Crippen molar-refractivity contribution in [2.24, 2.45) is 0 Å². The van der Waals surface area contributed by atoms with Crippen molar-refractivity contribution < 1.29 is 14.3 Å². The summed E-state index contributed by atoms with van der Waals surface area (Å²) in [5.41, 5.74) is 0.870. The molecule has 0 aliphatic carbocycles. The Labute approximate surface area is 166 Å². The van der Waals surface area contributed by atoms with Gasteiger partial charge in [0.05, 0.1) is 6.61 Å². The first-order valence-electron chi connectivity index (χ1n) is 9.94. The highest BCUT2D eigenvalue weighted by Crippen LogP contribution is 2.27. The lowest BCUT2D eigenvalue weighted by Crippen LogP contribution is -2.46. The summed E-state index contributed by atoms with van der Waals surface area (Å²) in [6.07, 6.45) is 3.09. The lowest BCUT2D eigenvalue weighted by atomic mass is 10.00. The number of hydrogen-bond acceptors (Lipinski definition) is 3. The SMILES string of the molecule is CN(CCCOc1ccccc1)C(=O)C(c1ccccc1)N1CCCCC1=O. The molecule has 5 nitrogen and oxygen atoms in total. The molecule has 2 aromatic rings. The van der Waals surface area contributed by atoms with Crippen molar-refractivity contribution in [3.05, 3.63) is 66.2 Å². The van der Waals surface area contributed by atoms with E-state index in [4.69, 9.17) is 4.74 Å². The van der Waals surface area contributed by atoms with Gasteiger partial charge in [-0.05, 0) is 37.0 Å². The molecule has 0 N–H and O–H groups in total. The number of likely N-dealkylation sites (N-methyl/N-ethyl adjacent to an activating group) is 1. The fourth-order valence-corrected chi connectivity index (χ4v) is 3.52. The van der Waals surface area contributed by atoms with E-state index < -0.39 is 6.04 Å². The van der Waals surface area contributed by atoms with E-state index >= 15 is 0 Å². The molecule has 1 atom stereocenters. The van der Waals surface area contributed by atoms with E-state index in [0.29, 0.717) is 26.1 Å². The Bertz CT molecular complexity index is 764. The van der Waals surface area contributed by atoms with Gasteiger partial charge in [-0.15, -0.1) is 0 Å². The molecule has 148 valence electrons. The molecule has 1 aliphatic rings. The van der Waals surface area contributed by atoms with Gasteiger partial charge in [-0.3, -0.25) is 9.59 Å². The zero-order valence-corrected chi connectivity index (χ0v) is 16.4. The largest absolute Gasteiger partial charge is 0.494 e. The van der Waals surface area contributed by atoms with E-state index in [1.165, 1.54) is 0 Å². The molecule has 3 rings (SSSR count). The molecule has 1 saturated heterocycles. The first-order chi connectivity index (χ1) is 13.7. The van der Waals surface area contributed by atoms with Gasteiger partial charge in [0.25, 0.3) is 0 Å². The predicted octanol–water partition coefficient (Wildman–Crippen LogP) is 3.67. The summed E-state index contributed by atoms with van der Waals surface area (Å²) in [7, 11) is 1.80. The average Bonchev–Trinajstić information content (AvgIpc) is 2.74. The number of para-hydroxylation sites is 1. The maximum absolute atomic E-state index is 13.2. The van der Waals surface area contributed by atoms with Crippen LogP contribution in [0.3, 0.4) is 0 Å². The molecule has 5 heteroatoms. The number of carbonyl (C=O) groups excluding carboxylic acids is 2. The van der Waals surface area contributed by atoms with Crippen molar-refractivity contribution in [2.45, 2.75) is 31.7 Å². The molecule has 0 bridgehead atoms. The zero-order chi connectivity index (χ0) is 19.8. The number of amides is 2. The van der Waals surface area contributed by atoms with Crippen LogP contribution in [-0.4, -0.2) is 48.4 Å². The van der Waals surface area contributed by atoms with E-state index in [1.807, 2.05) is 60.7 Å². The van der Waals surface area contributed by atoms with Crippen LogP contribution >= 0.6 is 0 Å². The summed E-state index contributed by atoms with van der Waals surface area (Å²) in [5.74, 6) is 0.855. The quantitative estimate of drug-likeness (QED) is 0.657. The number of ether oxygens (including phenoxy) is 1. The van der Waals surface area contributed by atoms with E-state index in [9.17, 15) is 9.59 Å². The van der Waals surface area contributed by atoms with Crippen LogP contribution in [0, 0.1) is 0 Å². The smallest absolute Gasteiger partial charge is 0.249 e. The van der Waals surface area contributed by atoms with Gasteiger partial charge in [0.15, 0.2) is 0 Å². The Hall–Kier alpha value is -2.82. The first kappa shape index (κ1) is 19.9. The molecule has 28 heavy (non-hydrogen) atoms. The summed E-state index contributed by atoms with van der Waals surface area (Å²) < 4.78 is 5.71. The minimum absolute atomic E-state index is 0.0406. The minimum atomic E-state index is -0.547. The lowest BCUT2D eigenvalue weighted by molar-refractivity contribution is -0.147. The number of carbonyl (C=O) groups is 2. The molecular formula is C23H28N2O3. The third kappa shape index (κ3) is 5.12. The Morgan fingerprint density at radius 3 is 2.43 bits per heavy atom. The Morgan fingerprint density at radius 2 is 1.75 bits per heavy atom. The van der Waals surface area contributed by atoms with Crippen molar-refractivity contribution >= 4 is 11.8 Å².